The third-order valence-corrected chi connectivity index (χ3v) is 4.21. The zero-order valence-corrected chi connectivity index (χ0v) is 11.4. The molecule has 0 saturated carbocycles. The van der Waals surface area contributed by atoms with Crippen molar-refractivity contribution in [1.82, 2.24) is 4.90 Å². The average molecular weight is 269 g/mol. The molecule has 0 radical (unpaired) electrons. The summed E-state index contributed by atoms with van der Waals surface area (Å²) in [6, 6.07) is 3.47. The Morgan fingerprint density at radius 2 is 1.84 bits per heavy atom. The van der Waals surface area contributed by atoms with E-state index in [0.717, 1.165) is 32.0 Å². The fourth-order valence-corrected chi connectivity index (χ4v) is 2.82. The number of nitrogens with zero attached hydrogens (tertiary/aromatic N) is 1. The number of hydrogen-bond donors (Lipinski definition) is 1. The number of aliphatic hydroxyl groups is 1. The summed E-state index contributed by atoms with van der Waals surface area (Å²) in [7, 11) is 0. The molecule has 0 amide bonds. The molecule has 1 aromatic carbocycles. The summed E-state index contributed by atoms with van der Waals surface area (Å²) in [4.78, 5) is 2.15. The summed E-state index contributed by atoms with van der Waals surface area (Å²) in [6.07, 6.45) is 1.51. The van der Waals surface area contributed by atoms with E-state index in [1.54, 1.807) is 0 Å². The van der Waals surface area contributed by atoms with Crippen molar-refractivity contribution < 1.29 is 13.9 Å². The summed E-state index contributed by atoms with van der Waals surface area (Å²) in [5.74, 6) is -0.436. The van der Waals surface area contributed by atoms with Crippen molar-refractivity contribution in [3.05, 3.63) is 35.4 Å². The first-order chi connectivity index (χ1) is 8.99. The maximum absolute atomic E-state index is 13.7. The van der Waals surface area contributed by atoms with Crippen molar-refractivity contribution in [1.29, 1.82) is 0 Å². The lowest BCUT2D eigenvalue weighted by atomic mass is 9.91. The van der Waals surface area contributed by atoms with Crippen molar-refractivity contribution in [2.24, 2.45) is 5.92 Å². The summed E-state index contributed by atoms with van der Waals surface area (Å²) < 4.78 is 27.0. The minimum atomic E-state index is -0.401. The van der Waals surface area contributed by atoms with Gasteiger partial charge >= 0.3 is 0 Å². The molecule has 2 unspecified atom stereocenters. The molecule has 1 aromatic rings. The Kier molecular flexibility index (Phi) is 4.53. The van der Waals surface area contributed by atoms with Crippen molar-refractivity contribution in [2.45, 2.75) is 38.8 Å². The third-order valence-electron chi connectivity index (χ3n) is 4.21. The quantitative estimate of drug-likeness (QED) is 0.911. The van der Waals surface area contributed by atoms with Gasteiger partial charge in [0.15, 0.2) is 0 Å². The average Bonchev–Trinajstić information content (AvgIpc) is 2.41. The van der Waals surface area contributed by atoms with Gasteiger partial charge in [0.2, 0.25) is 0 Å². The Balaban J connectivity index is 2.05. The molecule has 2 nitrogen and oxygen atoms in total. The van der Waals surface area contributed by atoms with Gasteiger partial charge in [-0.3, -0.25) is 4.90 Å². The van der Waals surface area contributed by atoms with Gasteiger partial charge in [0, 0.05) is 11.6 Å². The molecular formula is C15H21F2NO. The maximum atomic E-state index is 13.7. The standard InChI is InChI=1S/C15H21F2NO/c1-10(14-9-13(16)3-4-15(14)17)18-7-5-12(6-8-18)11(2)19/h3-4,9-12,19H,5-8H2,1-2H3. The molecule has 2 rings (SSSR count). The SMILES string of the molecule is CC(O)C1CCN(C(C)c2cc(F)ccc2F)CC1. The minimum absolute atomic E-state index is 0.134. The highest BCUT2D eigenvalue weighted by Gasteiger charge is 2.27. The van der Waals surface area contributed by atoms with Gasteiger partial charge < -0.3 is 5.11 Å². The lowest BCUT2D eigenvalue weighted by molar-refractivity contribution is 0.0579. The molecule has 1 N–H and O–H groups in total. The molecule has 1 aliphatic rings. The second kappa shape index (κ2) is 5.97. The molecule has 1 saturated heterocycles. The van der Waals surface area contributed by atoms with Gasteiger partial charge in [0.1, 0.15) is 11.6 Å². The molecule has 4 heteroatoms. The predicted molar refractivity (Wildman–Crippen MR) is 70.8 cm³/mol. The van der Waals surface area contributed by atoms with Crippen LogP contribution in [0.1, 0.15) is 38.3 Å². The molecule has 1 aliphatic heterocycles. The summed E-state index contributed by atoms with van der Waals surface area (Å²) in [6.45, 7) is 5.34. The monoisotopic (exact) mass is 269 g/mol. The second-order valence-corrected chi connectivity index (χ2v) is 5.46. The van der Waals surface area contributed by atoms with E-state index in [4.69, 9.17) is 0 Å². The first kappa shape index (κ1) is 14.4. The number of halogens is 2. The molecule has 2 atom stereocenters. The highest BCUT2D eigenvalue weighted by Crippen LogP contribution is 2.29. The lowest BCUT2D eigenvalue weighted by Gasteiger charge is -2.37. The van der Waals surface area contributed by atoms with Crippen molar-refractivity contribution in [3.63, 3.8) is 0 Å². The Morgan fingerprint density at radius 1 is 1.21 bits per heavy atom. The number of piperidine rings is 1. The molecule has 0 spiro atoms. The number of aliphatic hydroxyl groups excluding tert-OH is 1. The van der Waals surface area contributed by atoms with Crippen LogP contribution in [-0.2, 0) is 0 Å². The minimum Gasteiger partial charge on any atom is -0.393 e. The van der Waals surface area contributed by atoms with Crippen LogP contribution in [-0.4, -0.2) is 29.2 Å². The van der Waals surface area contributed by atoms with E-state index in [0.29, 0.717) is 11.5 Å². The van der Waals surface area contributed by atoms with Crippen LogP contribution in [0.2, 0.25) is 0 Å². The maximum Gasteiger partial charge on any atom is 0.128 e. The largest absolute Gasteiger partial charge is 0.393 e. The zero-order valence-electron chi connectivity index (χ0n) is 11.4. The van der Waals surface area contributed by atoms with E-state index in [1.807, 2.05) is 13.8 Å². The van der Waals surface area contributed by atoms with E-state index in [-0.39, 0.29) is 18.0 Å². The predicted octanol–water partition coefficient (Wildman–Crippen LogP) is 3.12. The number of hydrogen-bond acceptors (Lipinski definition) is 2. The molecular weight excluding hydrogens is 248 g/mol. The number of rotatable bonds is 3. The van der Waals surface area contributed by atoms with Crippen molar-refractivity contribution >= 4 is 0 Å². The second-order valence-electron chi connectivity index (χ2n) is 5.46. The fourth-order valence-electron chi connectivity index (χ4n) is 2.82. The van der Waals surface area contributed by atoms with Crippen LogP contribution in [0.4, 0.5) is 8.78 Å². The molecule has 106 valence electrons. The Hall–Kier alpha value is -1.00. The molecule has 19 heavy (non-hydrogen) atoms. The summed E-state index contributed by atoms with van der Waals surface area (Å²) in [5.41, 5.74) is 0.412. The first-order valence-corrected chi connectivity index (χ1v) is 6.86. The lowest BCUT2D eigenvalue weighted by Crippen LogP contribution is -2.38. The fraction of sp³-hybridized carbons (Fsp3) is 0.600. The molecule has 1 fully saturated rings. The van der Waals surface area contributed by atoms with Crippen LogP contribution >= 0.6 is 0 Å². The zero-order chi connectivity index (χ0) is 14.0. The van der Waals surface area contributed by atoms with Crippen LogP contribution < -0.4 is 0 Å². The van der Waals surface area contributed by atoms with Gasteiger partial charge in [0.25, 0.3) is 0 Å². The number of likely N-dealkylation sites (tertiary alicyclic amines) is 1. The van der Waals surface area contributed by atoms with Crippen LogP contribution in [0.5, 0.6) is 0 Å². The van der Waals surface area contributed by atoms with E-state index in [2.05, 4.69) is 4.90 Å². The van der Waals surface area contributed by atoms with E-state index >= 15 is 0 Å². The number of benzene rings is 1. The van der Waals surface area contributed by atoms with Crippen LogP contribution in [0.3, 0.4) is 0 Å². The first-order valence-electron chi connectivity index (χ1n) is 6.86. The van der Waals surface area contributed by atoms with Gasteiger partial charge in [-0.25, -0.2) is 8.78 Å². The smallest absolute Gasteiger partial charge is 0.128 e. The van der Waals surface area contributed by atoms with E-state index in [1.165, 1.54) is 12.1 Å². The van der Waals surface area contributed by atoms with Crippen molar-refractivity contribution in [2.75, 3.05) is 13.1 Å². The Morgan fingerprint density at radius 3 is 2.42 bits per heavy atom. The van der Waals surface area contributed by atoms with Gasteiger partial charge in [-0.2, -0.15) is 0 Å². The Bertz CT molecular complexity index is 428. The van der Waals surface area contributed by atoms with Gasteiger partial charge in [-0.1, -0.05) is 0 Å². The highest BCUT2D eigenvalue weighted by molar-refractivity contribution is 5.22. The normalized spacial score (nSPS) is 21.3. The van der Waals surface area contributed by atoms with Crippen LogP contribution in [0.15, 0.2) is 18.2 Å². The Labute approximate surface area is 113 Å². The van der Waals surface area contributed by atoms with Gasteiger partial charge in [-0.05, 0) is 63.9 Å². The summed E-state index contributed by atoms with van der Waals surface area (Å²) in [5, 5.41) is 9.57. The van der Waals surface area contributed by atoms with E-state index < -0.39 is 5.82 Å². The molecule has 0 aromatic heterocycles. The topological polar surface area (TPSA) is 23.5 Å². The van der Waals surface area contributed by atoms with E-state index in [9.17, 15) is 13.9 Å². The van der Waals surface area contributed by atoms with Crippen molar-refractivity contribution in [3.8, 4) is 0 Å². The molecule has 0 bridgehead atoms. The van der Waals surface area contributed by atoms with Gasteiger partial charge in [-0.15, -0.1) is 0 Å². The summed E-state index contributed by atoms with van der Waals surface area (Å²) >= 11 is 0. The van der Waals surface area contributed by atoms with Crippen LogP contribution in [0.25, 0.3) is 0 Å². The molecule has 1 heterocycles. The highest BCUT2D eigenvalue weighted by atomic mass is 19.1. The third kappa shape index (κ3) is 3.31. The van der Waals surface area contributed by atoms with Gasteiger partial charge in [0.05, 0.1) is 6.10 Å². The molecule has 0 aliphatic carbocycles. The van der Waals surface area contributed by atoms with Crippen LogP contribution in [0, 0.1) is 17.6 Å².